The second-order valence-electron chi connectivity index (χ2n) is 5.33. The Balaban J connectivity index is 1.78. The highest BCUT2D eigenvalue weighted by molar-refractivity contribution is 8.18. The molecular weight excluding hydrogens is 338 g/mol. The van der Waals surface area contributed by atoms with E-state index in [1.165, 1.54) is 0 Å². The number of rotatable bonds is 5. The number of ketones is 1. The molecule has 0 spiro atoms. The van der Waals surface area contributed by atoms with E-state index in [9.17, 15) is 14.4 Å². The third kappa shape index (κ3) is 3.80. The molecule has 5 nitrogen and oxygen atoms in total. The SMILES string of the molecule is COc1cccc(/C=C2/SC(=O)N(CC(=O)c3ccccc3)C2=O)c1. The van der Waals surface area contributed by atoms with Crippen molar-refractivity contribution in [2.45, 2.75) is 0 Å². The van der Waals surface area contributed by atoms with E-state index >= 15 is 0 Å². The van der Waals surface area contributed by atoms with Gasteiger partial charge in [0.15, 0.2) is 5.78 Å². The van der Waals surface area contributed by atoms with E-state index in [4.69, 9.17) is 4.74 Å². The van der Waals surface area contributed by atoms with Crippen LogP contribution in [0.5, 0.6) is 5.75 Å². The van der Waals surface area contributed by atoms with E-state index < -0.39 is 11.1 Å². The highest BCUT2D eigenvalue weighted by Crippen LogP contribution is 2.32. The van der Waals surface area contributed by atoms with Crippen LogP contribution in [0.4, 0.5) is 4.79 Å². The van der Waals surface area contributed by atoms with Crippen LogP contribution < -0.4 is 4.74 Å². The average Bonchev–Trinajstić information content (AvgIpc) is 2.90. The first-order chi connectivity index (χ1) is 12.1. The van der Waals surface area contributed by atoms with Crippen molar-refractivity contribution in [2.24, 2.45) is 0 Å². The van der Waals surface area contributed by atoms with Gasteiger partial charge in [-0.2, -0.15) is 0 Å². The third-order valence-corrected chi connectivity index (χ3v) is 4.57. The van der Waals surface area contributed by atoms with Crippen molar-refractivity contribution in [3.05, 3.63) is 70.6 Å². The van der Waals surface area contributed by atoms with E-state index in [0.717, 1.165) is 22.2 Å². The number of nitrogens with zero attached hydrogens (tertiary/aromatic N) is 1. The monoisotopic (exact) mass is 353 g/mol. The van der Waals surface area contributed by atoms with Gasteiger partial charge in [-0.1, -0.05) is 42.5 Å². The molecule has 1 heterocycles. The summed E-state index contributed by atoms with van der Waals surface area (Å²) in [5, 5.41) is -0.441. The van der Waals surface area contributed by atoms with Gasteiger partial charge in [-0.3, -0.25) is 19.3 Å². The van der Waals surface area contributed by atoms with E-state index in [1.54, 1.807) is 61.7 Å². The summed E-state index contributed by atoms with van der Waals surface area (Å²) < 4.78 is 5.15. The van der Waals surface area contributed by atoms with Crippen LogP contribution in [0.2, 0.25) is 0 Å². The minimum atomic E-state index is -0.456. The van der Waals surface area contributed by atoms with Crippen molar-refractivity contribution < 1.29 is 19.1 Å². The molecule has 0 aromatic heterocycles. The summed E-state index contributed by atoms with van der Waals surface area (Å²) in [5.41, 5.74) is 1.22. The molecule has 2 aromatic rings. The molecule has 1 saturated heterocycles. The van der Waals surface area contributed by atoms with Crippen molar-refractivity contribution in [2.75, 3.05) is 13.7 Å². The van der Waals surface area contributed by atoms with Crippen molar-refractivity contribution in [3.8, 4) is 5.75 Å². The molecule has 0 aliphatic carbocycles. The maximum atomic E-state index is 12.5. The van der Waals surface area contributed by atoms with Crippen molar-refractivity contribution >= 4 is 34.8 Å². The molecular formula is C19H15NO4S. The zero-order chi connectivity index (χ0) is 17.8. The zero-order valence-corrected chi connectivity index (χ0v) is 14.3. The Morgan fingerprint density at radius 2 is 1.88 bits per heavy atom. The minimum Gasteiger partial charge on any atom is -0.497 e. The molecule has 2 amide bonds. The lowest BCUT2D eigenvalue weighted by atomic mass is 10.1. The molecule has 0 radical (unpaired) electrons. The number of carbonyl (C=O) groups excluding carboxylic acids is 3. The van der Waals surface area contributed by atoms with Crippen LogP contribution in [0.1, 0.15) is 15.9 Å². The summed E-state index contributed by atoms with van der Waals surface area (Å²) >= 11 is 0.833. The summed E-state index contributed by atoms with van der Waals surface area (Å²) in [6.07, 6.45) is 1.63. The summed E-state index contributed by atoms with van der Waals surface area (Å²) in [6, 6.07) is 15.8. The third-order valence-electron chi connectivity index (χ3n) is 3.66. The molecule has 0 bridgehead atoms. The summed E-state index contributed by atoms with van der Waals surface area (Å²) in [5.74, 6) is -0.0696. The van der Waals surface area contributed by atoms with Crippen LogP contribution in [0.15, 0.2) is 59.5 Å². The van der Waals surface area contributed by atoms with Gasteiger partial charge in [0.1, 0.15) is 5.75 Å². The van der Waals surface area contributed by atoms with Crippen LogP contribution in [0.3, 0.4) is 0 Å². The van der Waals surface area contributed by atoms with Crippen LogP contribution in [-0.4, -0.2) is 35.5 Å². The van der Waals surface area contributed by atoms with E-state index in [2.05, 4.69) is 0 Å². The number of hydrogen-bond donors (Lipinski definition) is 0. The largest absolute Gasteiger partial charge is 0.497 e. The fourth-order valence-electron chi connectivity index (χ4n) is 2.38. The zero-order valence-electron chi connectivity index (χ0n) is 13.5. The molecule has 1 aliphatic rings. The number of thioether (sulfide) groups is 1. The maximum absolute atomic E-state index is 12.5. The molecule has 6 heteroatoms. The molecule has 126 valence electrons. The lowest BCUT2D eigenvalue weighted by Crippen LogP contribution is -2.33. The van der Waals surface area contributed by atoms with Gasteiger partial charge in [-0.05, 0) is 35.5 Å². The standard InChI is InChI=1S/C19H15NO4S/c1-24-15-9-5-6-13(10-15)11-17-18(22)20(19(23)25-17)12-16(21)14-7-3-2-4-8-14/h2-11H,12H2,1H3/b17-11+. The highest BCUT2D eigenvalue weighted by atomic mass is 32.2. The van der Waals surface area contributed by atoms with E-state index in [0.29, 0.717) is 16.2 Å². The van der Waals surface area contributed by atoms with Crippen LogP contribution in [0.25, 0.3) is 6.08 Å². The Bertz CT molecular complexity index is 861. The summed E-state index contributed by atoms with van der Waals surface area (Å²) in [6.45, 7) is -0.260. The Morgan fingerprint density at radius 3 is 2.60 bits per heavy atom. The molecule has 1 fully saturated rings. The van der Waals surface area contributed by atoms with E-state index in [-0.39, 0.29) is 12.3 Å². The number of carbonyl (C=O) groups is 3. The smallest absolute Gasteiger partial charge is 0.293 e. The Morgan fingerprint density at radius 1 is 1.12 bits per heavy atom. The molecule has 3 rings (SSSR count). The Labute approximate surface area is 149 Å². The summed E-state index contributed by atoms with van der Waals surface area (Å²) in [4.78, 5) is 38.1. The first-order valence-corrected chi connectivity index (χ1v) is 8.38. The molecule has 0 N–H and O–H groups in total. The Hall–Kier alpha value is -2.86. The van der Waals surface area contributed by atoms with Crippen LogP contribution >= 0.6 is 11.8 Å². The molecule has 1 aliphatic heterocycles. The lowest BCUT2D eigenvalue weighted by Gasteiger charge is -2.11. The van der Waals surface area contributed by atoms with Crippen molar-refractivity contribution in [1.82, 2.24) is 4.90 Å². The van der Waals surface area contributed by atoms with Gasteiger partial charge < -0.3 is 4.74 Å². The van der Waals surface area contributed by atoms with Gasteiger partial charge in [0.2, 0.25) is 0 Å². The first kappa shape index (κ1) is 17.0. The van der Waals surface area contributed by atoms with Gasteiger partial charge >= 0.3 is 0 Å². The number of benzene rings is 2. The second-order valence-corrected chi connectivity index (χ2v) is 6.33. The van der Waals surface area contributed by atoms with Gasteiger partial charge in [0, 0.05) is 5.56 Å². The average molecular weight is 353 g/mol. The molecule has 0 unspecified atom stereocenters. The predicted octanol–water partition coefficient (Wildman–Crippen LogP) is 3.61. The van der Waals surface area contributed by atoms with Crippen LogP contribution in [-0.2, 0) is 4.79 Å². The number of Topliss-reactive ketones (excluding diaryl/α,β-unsaturated/α-hetero) is 1. The topological polar surface area (TPSA) is 63.7 Å². The fourth-order valence-corrected chi connectivity index (χ4v) is 3.22. The van der Waals surface area contributed by atoms with Crippen LogP contribution in [0, 0.1) is 0 Å². The fraction of sp³-hybridized carbons (Fsp3) is 0.105. The summed E-state index contributed by atoms with van der Waals surface area (Å²) in [7, 11) is 1.56. The van der Waals surface area contributed by atoms with E-state index in [1.807, 2.05) is 6.07 Å². The predicted molar refractivity (Wildman–Crippen MR) is 96.4 cm³/mol. The van der Waals surface area contributed by atoms with Gasteiger partial charge in [-0.25, -0.2) is 0 Å². The van der Waals surface area contributed by atoms with Gasteiger partial charge in [0.05, 0.1) is 18.6 Å². The number of methoxy groups -OCH3 is 1. The van der Waals surface area contributed by atoms with Gasteiger partial charge in [-0.15, -0.1) is 0 Å². The number of ether oxygens (including phenoxy) is 1. The molecule has 2 aromatic carbocycles. The van der Waals surface area contributed by atoms with Crippen molar-refractivity contribution in [3.63, 3.8) is 0 Å². The number of imide groups is 1. The molecule has 0 atom stereocenters. The lowest BCUT2D eigenvalue weighted by molar-refractivity contribution is -0.122. The quantitative estimate of drug-likeness (QED) is 0.607. The number of amides is 2. The minimum absolute atomic E-state index is 0.260. The molecule has 0 saturated carbocycles. The van der Waals surface area contributed by atoms with Crippen molar-refractivity contribution in [1.29, 1.82) is 0 Å². The number of hydrogen-bond acceptors (Lipinski definition) is 5. The highest BCUT2D eigenvalue weighted by Gasteiger charge is 2.36. The second kappa shape index (κ2) is 7.36. The Kier molecular flexibility index (Phi) is 5.00. The normalized spacial score (nSPS) is 15.7. The first-order valence-electron chi connectivity index (χ1n) is 7.56. The van der Waals surface area contributed by atoms with Gasteiger partial charge in [0.25, 0.3) is 11.1 Å². The molecule has 25 heavy (non-hydrogen) atoms. The maximum Gasteiger partial charge on any atom is 0.293 e.